The second-order valence-electron chi connectivity index (χ2n) is 4.72. The molecule has 0 aromatic heterocycles. The highest BCUT2D eigenvalue weighted by Crippen LogP contribution is 2.28. The molecule has 0 heterocycles. The summed E-state index contributed by atoms with van der Waals surface area (Å²) in [7, 11) is 0. The topological polar surface area (TPSA) is 12.0 Å². The molecule has 0 spiro atoms. The van der Waals surface area contributed by atoms with Crippen molar-refractivity contribution in [2.45, 2.75) is 19.4 Å². The minimum Gasteiger partial charge on any atom is -0.310 e. The van der Waals surface area contributed by atoms with Crippen LogP contribution < -0.4 is 5.32 Å². The Bertz CT molecular complexity index is 636. The first-order chi connectivity index (χ1) is 10.0. The van der Waals surface area contributed by atoms with E-state index in [0.717, 1.165) is 37.2 Å². The fourth-order valence-electron chi connectivity index (χ4n) is 2.19. The van der Waals surface area contributed by atoms with Crippen LogP contribution in [0.2, 0.25) is 5.02 Å². The van der Waals surface area contributed by atoms with Crippen molar-refractivity contribution >= 4 is 50.1 Å². The second kappa shape index (κ2) is 7.90. The predicted octanol–water partition coefficient (Wildman–Crippen LogP) is 5.74. The number of hydrogen-bond acceptors (Lipinski definition) is 1. The van der Waals surface area contributed by atoms with Crippen LogP contribution >= 0.6 is 50.1 Å². The van der Waals surface area contributed by atoms with Gasteiger partial charge < -0.3 is 5.32 Å². The number of likely N-dealkylation sites (N-methyl/N-ethyl adjacent to an activating group) is 1. The zero-order valence-electron chi connectivity index (χ0n) is 11.5. The molecule has 5 heteroatoms. The average molecular weight is 483 g/mol. The van der Waals surface area contributed by atoms with Gasteiger partial charge in [-0.1, -0.05) is 46.6 Å². The molecule has 0 bridgehead atoms. The third-order valence-electron chi connectivity index (χ3n) is 3.24. The van der Waals surface area contributed by atoms with Crippen LogP contribution in [0.4, 0.5) is 4.39 Å². The van der Waals surface area contributed by atoms with Gasteiger partial charge in [-0.15, -0.1) is 0 Å². The first kappa shape index (κ1) is 17.2. The van der Waals surface area contributed by atoms with Gasteiger partial charge in [-0.05, 0) is 70.9 Å². The van der Waals surface area contributed by atoms with Gasteiger partial charge in [0.15, 0.2) is 0 Å². The zero-order valence-corrected chi connectivity index (χ0v) is 16.0. The van der Waals surface area contributed by atoms with Gasteiger partial charge in [0.2, 0.25) is 0 Å². The Hall–Kier alpha value is -0.170. The number of nitrogens with one attached hydrogen (secondary N) is 1. The van der Waals surface area contributed by atoms with E-state index in [9.17, 15) is 4.39 Å². The average Bonchev–Trinajstić information content (AvgIpc) is 2.44. The summed E-state index contributed by atoms with van der Waals surface area (Å²) in [5.41, 5.74) is 2.20. The summed E-state index contributed by atoms with van der Waals surface area (Å²) in [5.74, 6) is -0.233. The monoisotopic (exact) mass is 481 g/mol. The molecule has 0 amide bonds. The minimum absolute atomic E-state index is 0.145. The molecule has 0 radical (unpaired) electrons. The summed E-state index contributed by atoms with van der Waals surface area (Å²) in [4.78, 5) is 0. The van der Waals surface area contributed by atoms with Crippen molar-refractivity contribution in [1.82, 2.24) is 5.32 Å². The standard InChI is InChI=1S/C16H15BrClFIN/c1-2-21-16(11-4-6-15(20)14(18)7-11)8-10-3-5-12(19)9-13(10)17/h3-7,9,16,21H,2,8H2,1H3. The lowest BCUT2D eigenvalue weighted by atomic mass is 9.99. The molecule has 0 aliphatic heterocycles. The highest BCUT2D eigenvalue weighted by molar-refractivity contribution is 14.1. The molecule has 112 valence electrons. The van der Waals surface area contributed by atoms with E-state index in [0.29, 0.717) is 0 Å². The van der Waals surface area contributed by atoms with E-state index in [1.165, 1.54) is 12.1 Å². The summed E-state index contributed by atoms with van der Waals surface area (Å²) < 4.78 is 15.0. The molecule has 0 fully saturated rings. The van der Waals surface area contributed by atoms with E-state index >= 15 is 0 Å². The third-order valence-corrected chi connectivity index (χ3v) is 5.55. The smallest absolute Gasteiger partial charge is 0.124 e. The molecular formula is C16H15BrClFIN. The SMILES string of the molecule is CCNC(Cc1ccc(F)cc1Br)c1ccc(I)c(Cl)c1. The summed E-state index contributed by atoms with van der Waals surface area (Å²) in [6.45, 7) is 2.92. The van der Waals surface area contributed by atoms with Gasteiger partial charge in [0, 0.05) is 14.1 Å². The van der Waals surface area contributed by atoms with Gasteiger partial charge in [-0.25, -0.2) is 4.39 Å². The Morgan fingerprint density at radius 3 is 2.67 bits per heavy atom. The van der Waals surface area contributed by atoms with E-state index in [1.54, 1.807) is 0 Å². The van der Waals surface area contributed by atoms with Crippen molar-refractivity contribution in [2.75, 3.05) is 6.54 Å². The number of hydrogen-bond donors (Lipinski definition) is 1. The molecule has 0 aliphatic carbocycles. The molecule has 2 aromatic carbocycles. The maximum Gasteiger partial charge on any atom is 0.124 e. The normalized spacial score (nSPS) is 12.4. The van der Waals surface area contributed by atoms with Gasteiger partial charge in [-0.2, -0.15) is 0 Å². The summed E-state index contributed by atoms with van der Waals surface area (Å²) >= 11 is 11.9. The lowest BCUT2D eigenvalue weighted by Gasteiger charge is -2.20. The molecule has 0 saturated carbocycles. The number of rotatable bonds is 5. The van der Waals surface area contributed by atoms with Gasteiger partial charge in [0.1, 0.15) is 5.82 Å². The van der Waals surface area contributed by atoms with Gasteiger partial charge in [-0.3, -0.25) is 0 Å². The lowest BCUT2D eigenvalue weighted by Crippen LogP contribution is -2.23. The minimum atomic E-state index is -0.233. The highest BCUT2D eigenvalue weighted by atomic mass is 127. The van der Waals surface area contributed by atoms with E-state index in [4.69, 9.17) is 11.6 Å². The van der Waals surface area contributed by atoms with Gasteiger partial charge in [0.05, 0.1) is 5.02 Å². The van der Waals surface area contributed by atoms with E-state index in [-0.39, 0.29) is 11.9 Å². The van der Waals surface area contributed by atoms with Crippen molar-refractivity contribution in [3.8, 4) is 0 Å². The first-order valence-corrected chi connectivity index (χ1v) is 8.88. The van der Waals surface area contributed by atoms with Crippen LogP contribution in [0.3, 0.4) is 0 Å². The first-order valence-electron chi connectivity index (χ1n) is 6.63. The van der Waals surface area contributed by atoms with E-state index < -0.39 is 0 Å². The van der Waals surface area contributed by atoms with Crippen LogP contribution in [0, 0.1) is 9.39 Å². The number of benzene rings is 2. The van der Waals surface area contributed by atoms with Crippen LogP contribution in [0.25, 0.3) is 0 Å². The molecular weight excluding hydrogens is 467 g/mol. The van der Waals surface area contributed by atoms with E-state index in [1.807, 2.05) is 18.2 Å². The Kier molecular flexibility index (Phi) is 6.47. The summed E-state index contributed by atoms with van der Waals surface area (Å²) in [6, 6.07) is 11.0. The molecule has 0 saturated heterocycles. The molecule has 1 unspecified atom stereocenters. The van der Waals surface area contributed by atoms with Gasteiger partial charge in [0.25, 0.3) is 0 Å². The molecule has 1 atom stereocenters. The lowest BCUT2D eigenvalue weighted by molar-refractivity contribution is 0.547. The van der Waals surface area contributed by atoms with Crippen LogP contribution in [0.1, 0.15) is 24.1 Å². The predicted molar refractivity (Wildman–Crippen MR) is 98.4 cm³/mol. The highest BCUT2D eigenvalue weighted by Gasteiger charge is 2.14. The van der Waals surface area contributed by atoms with Crippen LogP contribution in [-0.2, 0) is 6.42 Å². The molecule has 1 nitrogen and oxygen atoms in total. The largest absolute Gasteiger partial charge is 0.310 e. The van der Waals surface area contributed by atoms with Crippen LogP contribution in [0.15, 0.2) is 40.9 Å². The maximum atomic E-state index is 13.2. The summed E-state index contributed by atoms with van der Waals surface area (Å²) in [6.07, 6.45) is 0.769. The molecule has 0 aliphatic rings. The fourth-order valence-corrected chi connectivity index (χ4v) is 3.23. The maximum absolute atomic E-state index is 13.2. The molecule has 2 rings (SSSR count). The second-order valence-corrected chi connectivity index (χ2v) is 7.15. The fraction of sp³-hybridized carbons (Fsp3) is 0.250. The molecule has 1 N–H and O–H groups in total. The van der Waals surface area contributed by atoms with Crippen molar-refractivity contribution in [2.24, 2.45) is 0 Å². The van der Waals surface area contributed by atoms with Crippen molar-refractivity contribution < 1.29 is 4.39 Å². The Morgan fingerprint density at radius 1 is 1.29 bits per heavy atom. The Balaban J connectivity index is 2.28. The van der Waals surface area contributed by atoms with Crippen molar-refractivity contribution in [3.05, 3.63) is 66.4 Å². The summed E-state index contributed by atoms with van der Waals surface area (Å²) in [5, 5.41) is 4.22. The Morgan fingerprint density at radius 2 is 2.05 bits per heavy atom. The molecule has 2 aromatic rings. The quantitative estimate of drug-likeness (QED) is 0.536. The van der Waals surface area contributed by atoms with Crippen LogP contribution in [-0.4, -0.2) is 6.54 Å². The Labute approximate surface area is 151 Å². The number of halogens is 4. The molecule has 21 heavy (non-hydrogen) atoms. The van der Waals surface area contributed by atoms with Gasteiger partial charge >= 0.3 is 0 Å². The van der Waals surface area contributed by atoms with E-state index in [2.05, 4.69) is 56.8 Å². The van der Waals surface area contributed by atoms with Crippen molar-refractivity contribution in [3.63, 3.8) is 0 Å². The van der Waals surface area contributed by atoms with Crippen LogP contribution in [0.5, 0.6) is 0 Å². The van der Waals surface area contributed by atoms with Crippen molar-refractivity contribution in [1.29, 1.82) is 0 Å². The zero-order chi connectivity index (χ0) is 15.4. The third kappa shape index (κ3) is 4.65.